The molecule has 1 aliphatic rings. The predicted octanol–water partition coefficient (Wildman–Crippen LogP) is 5.44. The average molecular weight is 373 g/mol. The highest BCUT2D eigenvalue weighted by Gasteiger charge is 2.08. The van der Waals surface area contributed by atoms with Gasteiger partial charge in [0.2, 0.25) is 5.91 Å². The molecule has 23 heavy (non-hydrogen) atoms. The molecule has 1 amide bonds. The van der Waals surface area contributed by atoms with Gasteiger partial charge < -0.3 is 0 Å². The Hall–Kier alpha value is -0.710. The van der Waals surface area contributed by atoms with Gasteiger partial charge in [-0.1, -0.05) is 48.5 Å². The van der Waals surface area contributed by atoms with E-state index in [9.17, 15) is 4.79 Å². The highest BCUT2D eigenvalue weighted by atomic mass is 35.5. The van der Waals surface area contributed by atoms with Gasteiger partial charge in [-0.05, 0) is 43.4 Å². The van der Waals surface area contributed by atoms with Crippen molar-refractivity contribution in [1.82, 2.24) is 5.43 Å². The van der Waals surface area contributed by atoms with Crippen molar-refractivity contribution in [3.63, 3.8) is 0 Å². The first-order valence-electron chi connectivity index (χ1n) is 8.01. The van der Waals surface area contributed by atoms with Crippen LogP contribution in [0, 0.1) is 0 Å². The molecule has 1 saturated carbocycles. The summed E-state index contributed by atoms with van der Waals surface area (Å²) in [5.41, 5.74) is 4.68. The summed E-state index contributed by atoms with van der Waals surface area (Å²) < 4.78 is 0. The van der Waals surface area contributed by atoms with Gasteiger partial charge in [0.25, 0.3) is 0 Å². The van der Waals surface area contributed by atoms with Crippen LogP contribution in [0.3, 0.4) is 0 Å². The first kappa shape index (κ1) is 18.6. The van der Waals surface area contributed by atoms with Crippen molar-refractivity contribution >= 4 is 46.6 Å². The minimum Gasteiger partial charge on any atom is -0.272 e. The highest BCUT2D eigenvalue weighted by Crippen LogP contribution is 2.28. The van der Waals surface area contributed by atoms with Gasteiger partial charge in [0.05, 0.1) is 5.75 Å². The molecule has 1 aromatic rings. The number of nitrogens with zero attached hydrogens (tertiary/aromatic N) is 1. The lowest BCUT2D eigenvalue weighted by Crippen LogP contribution is -2.22. The summed E-state index contributed by atoms with van der Waals surface area (Å²) in [6, 6.07) is 5.44. The predicted molar refractivity (Wildman–Crippen MR) is 101 cm³/mol. The third-order valence-electron chi connectivity index (χ3n) is 3.81. The van der Waals surface area contributed by atoms with E-state index >= 15 is 0 Å². The minimum absolute atomic E-state index is 0.0762. The molecule has 1 fully saturated rings. The van der Waals surface area contributed by atoms with Crippen LogP contribution >= 0.6 is 35.0 Å². The van der Waals surface area contributed by atoms with Crippen molar-refractivity contribution in [3.8, 4) is 0 Å². The third kappa shape index (κ3) is 6.74. The Balaban J connectivity index is 1.74. The highest BCUT2D eigenvalue weighted by molar-refractivity contribution is 7.99. The Morgan fingerprint density at radius 1 is 1.09 bits per heavy atom. The van der Waals surface area contributed by atoms with Gasteiger partial charge in [-0.15, -0.1) is 11.8 Å². The van der Waals surface area contributed by atoms with E-state index in [0.717, 1.165) is 24.1 Å². The second-order valence-corrected chi connectivity index (χ2v) is 7.47. The topological polar surface area (TPSA) is 41.5 Å². The summed E-state index contributed by atoms with van der Waals surface area (Å²) in [5, 5.41) is 5.58. The summed E-state index contributed by atoms with van der Waals surface area (Å²) in [5.74, 6) is 0.883. The molecule has 3 nitrogen and oxygen atoms in total. The first-order valence-corrected chi connectivity index (χ1v) is 9.93. The number of nitrogens with one attached hydrogen (secondary N) is 1. The smallest absolute Gasteiger partial charge is 0.250 e. The second kappa shape index (κ2) is 10.2. The van der Waals surface area contributed by atoms with Crippen molar-refractivity contribution in [2.75, 3.05) is 5.75 Å². The van der Waals surface area contributed by atoms with Gasteiger partial charge in [0.1, 0.15) is 0 Å². The van der Waals surface area contributed by atoms with Crippen LogP contribution in [0.1, 0.15) is 50.5 Å². The third-order valence-corrected chi connectivity index (χ3v) is 5.48. The number of thioether (sulfide) groups is 1. The van der Waals surface area contributed by atoms with E-state index in [2.05, 4.69) is 10.5 Å². The van der Waals surface area contributed by atoms with Gasteiger partial charge in [-0.2, -0.15) is 5.10 Å². The Morgan fingerprint density at radius 3 is 2.35 bits per heavy atom. The van der Waals surface area contributed by atoms with E-state index in [1.807, 2.05) is 18.2 Å². The number of hydrazone groups is 1. The lowest BCUT2D eigenvalue weighted by molar-refractivity contribution is -0.118. The number of hydrogen-bond donors (Lipinski definition) is 1. The molecule has 0 aliphatic heterocycles. The first-order chi connectivity index (χ1) is 11.2. The summed E-state index contributed by atoms with van der Waals surface area (Å²) in [6.45, 7) is 0. The molecule has 0 heterocycles. The number of halogens is 2. The zero-order valence-corrected chi connectivity index (χ0v) is 15.4. The normalized spacial score (nSPS) is 15.7. The zero-order valence-electron chi connectivity index (χ0n) is 13.1. The number of carbonyl (C=O) groups excluding carboxylic acids is 1. The van der Waals surface area contributed by atoms with Crippen molar-refractivity contribution in [1.29, 1.82) is 0 Å². The number of amides is 1. The quantitative estimate of drug-likeness (QED) is 0.698. The molecule has 0 atom stereocenters. The number of rotatable bonds is 5. The Bertz CT molecular complexity index is 533. The maximum absolute atomic E-state index is 11.9. The van der Waals surface area contributed by atoms with E-state index in [1.54, 1.807) is 0 Å². The van der Waals surface area contributed by atoms with Gasteiger partial charge in [0.15, 0.2) is 0 Å². The number of hydrogen-bond acceptors (Lipinski definition) is 3. The standard InChI is InChI=1S/C17H22Cl2N2OS/c18-15-9-6-10-16(19)14(15)11-23-12-17(22)21-20-13-7-4-2-1-3-5-8-13/h6,9-10H,1-5,7-8,11-12H2,(H,21,22). The molecule has 2 rings (SSSR count). The van der Waals surface area contributed by atoms with Crippen LogP contribution in [0.2, 0.25) is 10.0 Å². The van der Waals surface area contributed by atoms with Gasteiger partial charge in [-0.25, -0.2) is 5.43 Å². The van der Waals surface area contributed by atoms with Gasteiger partial charge >= 0.3 is 0 Å². The van der Waals surface area contributed by atoms with Crippen molar-refractivity contribution in [2.24, 2.45) is 5.10 Å². The van der Waals surface area contributed by atoms with Crippen molar-refractivity contribution in [3.05, 3.63) is 33.8 Å². The van der Waals surface area contributed by atoms with Crippen LogP contribution in [0.25, 0.3) is 0 Å². The number of benzene rings is 1. The molecule has 0 bridgehead atoms. The fraction of sp³-hybridized carbons (Fsp3) is 0.529. The van der Waals surface area contributed by atoms with E-state index < -0.39 is 0 Å². The van der Waals surface area contributed by atoms with Crippen LogP contribution in [0.5, 0.6) is 0 Å². The SMILES string of the molecule is O=C(CSCc1c(Cl)cccc1Cl)NN=C1CCCCCCC1. The van der Waals surface area contributed by atoms with Crippen LogP contribution in [0.4, 0.5) is 0 Å². The molecule has 0 saturated heterocycles. The van der Waals surface area contributed by atoms with Crippen molar-refractivity contribution in [2.45, 2.75) is 50.7 Å². The van der Waals surface area contributed by atoms with Crippen LogP contribution in [-0.4, -0.2) is 17.4 Å². The molecule has 0 spiro atoms. The molecule has 126 valence electrons. The Labute approximate surface area is 152 Å². The lowest BCUT2D eigenvalue weighted by atomic mass is 9.99. The largest absolute Gasteiger partial charge is 0.272 e. The van der Waals surface area contributed by atoms with E-state index in [1.165, 1.54) is 43.9 Å². The summed E-state index contributed by atoms with van der Waals surface area (Å²) in [7, 11) is 0. The zero-order chi connectivity index (χ0) is 16.5. The average Bonchev–Trinajstić information content (AvgIpc) is 2.49. The van der Waals surface area contributed by atoms with Crippen LogP contribution in [0.15, 0.2) is 23.3 Å². The Kier molecular flexibility index (Phi) is 8.27. The molecule has 0 aromatic heterocycles. The summed E-state index contributed by atoms with van der Waals surface area (Å²) >= 11 is 13.7. The molecule has 6 heteroatoms. The summed E-state index contributed by atoms with van der Waals surface area (Å²) in [6.07, 6.45) is 8.21. The number of carbonyl (C=O) groups is 1. The van der Waals surface area contributed by atoms with Crippen LogP contribution < -0.4 is 5.43 Å². The fourth-order valence-electron chi connectivity index (χ4n) is 2.51. The maximum Gasteiger partial charge on any atom is 0.250 e. The van der Waals surface area contributed by atoms with E-state index in [-0.39, 0.29) is 5.91 Å². The fourth-order valence-corrected chi connectivity index (χ4v) is 4.07. The minimum atomic E-state index is -0.0762. The molecular weight excluding hydrogens is 351 g/mol. The van der Waals surface area contributed by atoms with E-state index in [0.29, 0.717) is 21.6 Å². The molecule has 0 radical (unpaired) electrons. The molecule has 1 aliphatic carbocycles. The van der Waals surface area contributed by atoms with Gasteiger partial charge in [-0.3, -0.25) is 4.79 Å². The molecular formula is C17H22Cl2N2OS. The summed E-state index contributed by atoms with van der Waals surface area (Å²) in [4.78, 5) is 11.9. The molecule has 0 unspecified atom stereocenters. The van der Waals surface area contributed by atoms with Crippen molar-refractivity contribution < 1.29 is 4.79 Å². The second-order valence-electron chi connectivity index (χ2n) is 5.67. The van der Waals surface area contributed by atoms with E-state index in [4.69, 9.17) is 23.2 Å². The Morgan fingerprint density at radius 2 is 1.70 bits per heavy atom. The van der Waals surface area contributed by atoms with Gasteiger partial charge in [0, 0.05) is 21.5 Å². The lowest BCUT2D eigenvalue weighted by Gasteiger charge is -2.11. The molecule has 1 N–H and O–H groups in total. The molecule has 1 aromatic carbocycles. The van der Waals surface area contributed by atoms with Crippen LogP contribution in [-0.2, 0) is 10.5 Å². The monoisotopic (exact) mass is 372 g/mol. The maximum atomic E-state index is 11.9.